The Morgan fingerprint density at radius 2 is 1.62 bits per heavy atom. The number of hydrogen-bond donors (Lipinski definition) is 2. The minimum atomic E-state index is -1.93. The quantitative estimate of drug-likeness (QED) is 0.477. The van der Waals surface area contributed by atoms with Crippen molar-refractivity contribution in [3.8, 4) is 0 Å². The van der Waals surface area contributed by atoms with Crippen LogP contribution in [0.3, 0.4) is 0 Å². The van der Waals surface area contributed by atoms with Crippen LogP contribution in [-0.2, 0) is 4.74 Å². The summed E-state index contributed by atoms with van der Waals surface area (Å²) in [6.45, 7) is 3.38. The Morgan fingerprint density at radius 1 is 1.04 bits per heavy atom. The molecule has 0 saturated carbocycles. The highest BCUT2D eigenvalue weighted by Crippen LogP contribution is 2.28. The van der Waals surface area contributed by atoms with Gasteiger partial charge in [0.1, 0.15) is 0 Å². The molecule has 1 heterocycles. The monoisotopic (exact) mass is 353 g/mol. The van der Waals surface area contributed by atoms with Gasteiger partial charge in [-0.25, -0.2) is 9.69 Å². The van der Waals surface area contributed by atoms with Gasteiger partial charge in [-0.05, 0) is 38.1 Å². The maximum Gasteiger partial charge on any atom is 0.490 e. The molecule has 0 radical (unpaired) electrons. The normalized spacial score (nSPS) is 13.2. The van der Waals surface area contributed by atoms with Crippen molar-refractivity contribution >= 4 is 36.1 Å². The molecule has 1 aliphatic rings. The molecule has 26 heavy (non-hydrogen) atoms. The number of imide groups is 1. The number of amides is 2. The number of esters is 1. The maximum atomic E-state index is 12.7. The summed E-state index contributed by atoms with van der Waals surface area (Å²) < 4.78 is 5.12. The van der Waals surface area contributed by atoms with Crippen LogP contribution in [0.5, 0.6) is 0 Å². The van der Waals surface area contributed by atoms with E-state index < -0.39 is 24.9 Å². The van der Waals surface area contributed by atoms with Crippen LogP contribution < -0.4 is 10.4 Å². The van der Waals surface area contributed by atoms with Crippen LogP contribution in [0.4, 0.5) is 5.69 Å². The number of hydrogen-bond acceptors (Lipinski definition) is 6. The van der Waals surface area contributed by atoms with Crippen LogP contribution in [0.1, 0.15) is 44.9 Å². The minimum Gasteiger partial charge on any atom is -0.459 e. The van der Waals surface area contributed by atoms with Crippen LogP contribution in [0.2, 0.25) is 0 Å². The van der Waals surface area contributed by atoms with Gasteiger partial charge in [0.05, 0.1) is 28.5 Å². The molecular formula is C18H16BNO6. The van der Waals surface area contributed by atoms with Crippen molar-refractivity contribution < 1.29 is 29.2 Å². The molecule has 8 heteroatoms. The summed E-state index contributed by atoms with van der Waals surface area (Å²) in [5.41, 5.74) is 0.386. The first-order valence-corrected chi connectivity index (χ1v) is 8.00. The Balaban J connectivity index is 2.10. The van der Waals surface area contributed by atoms with Gasteiger partial charge in [0.25, 0.3) is 11.8 Å². The molecule has 0 spiro atoms. The summed E-state index contributed by atoms with van der Waals surface area (Å²) in [6.07, 6.45) is -0.353. The van der Waals surface area contributed by atoms with Gasteiger partial charge in [0.2, 0.25) is 0 Å². The number of benzene rings is 2. The fourth-order valence-corrected chi connectivity index (χ4v) is 2.77. The third-order valence-electron chi connectivity index (χ3n) is 3.92. The highest BCUT2D eigenvalue weighted by molar-refractivity contribution is 6.61. The van der Waals surface area contributed by atoms with Crippen LogP contribution in [0.15, 0.2) is 42.5 Å². The Bertz CT molecular complexity index is 873. The molecule has 2 aromatic rings. The third-order valence-corrected chi connectivity index (χ3v) is 3.92. The first-order chi connectivity index (χ1) is 12.3. The van der Waals surface area contributed by atoms with Crippen molar-refractivity contribution in [2.75, 3.05) is 4.90 Å². The zero-order chi connectivity index (χ0) is 19.0. The van der Waals surface area contributed by atoms with E-state index >= 15 is 0 Å². The first-order valence-electron chi connectivity index (χ1n) is 8.00. The van der Waals surface area contributed by atoms with Crippen molar-refractivity contribution in [2.24, 2.45) is 0 Å². The average molecular weight is 353 g/mol. The van der Waals surface area contributed by atoms with Crippen LogP contribution in [0, 0.1) is 0 Å². The molecule has 0 bridgehead atoms. The molecule has 0 aromatic heterocycles. The first kappa shape index (κ1) is 17.8. The second-order valence-corrected chi connectivity index (χ2v) is 6.09. The van der Waals surface area contributed by atoms with Crippen LogP contribution in [0.25, 0.3) is 0 Å². The van der Waals surface area contributed by atoms with E-state index in [2.05, 4.69) is 0 Å². The maximum absolute atomic E-state index is 12.7. The van der Waals surface area contributed by atoms with Crippen molar-refractivity contribution in [2.45, 2.75) is 20.0 Å². The molecule has 2 amide bonds. The van der Waals surface area contributed by atoms with Crippen LogP contribution >= 0.6 is 0 Å². The van der Waals surface area contributed by atoms with Gasteiger partial charge in [0.15, 0.2) is 0 Å². The molecule has 3 rings (SSSR count). The van der Waals surface area contributed by atoms with E-state index in [1.54, 1.807) is 26.0 Å². The van der Waals surface area contributed by atoms with Crippen molar-refractivity contribution in [1.82, 2.24) is 0 Å². The topological polar surface area (TPSA) is 104 Å². The Hall–Kier alpha value is -2.97. The molecule has 0 atom stereocenters. The highest BCUT2D eigenvalue weighted by atomic mass is 16.5. The lowest BCUT2D eigenvalue weighted by Gasteiger charge is -2.19. The van der Waals surface area contributed by atoms with E-state index in [1.165, 1.54) is 30.3 Å². The van der Waals surface area contributed by atoms with Crippen molar-refractivity contribution in [3.05, 3.63) is 59.2 Å². The predicted molar refractivity (Wildman–Crippen MR) is 94.4 cm³/mol. The minimum absolute atomic E-state index is 0.0654. The number of carbonyl (C=O) groups excluding carboxylic acids is 3. The molecule has 0 saturated heterocycles. The SMILES string of the molecule is CC(C)OC(=O)c1ccc(B(O)O)c(N2C(=O)c3ccccc3C2=O)c1. The number of anilines is 1. The largest absolute Gasteiger partial charge is 0.490 e. The molecule has 2 aromatic carbocycles. The molecule has 0 aliphatic carbocycles. The second-order valence-electron chi connectivity index (χ2n) is 6.09. The Morgan fingerprint density at radius 3 is 2.12 bits per heavy atom. The standard InChI is InChI=1S/C18H16BNO6/c1-10(2)26-18(23)11-7-8-14(19(24)25)15(9-11)20-16(21)12-5-3-4-6-13(12)17(20)22/h3-10,24-25H,1-2H3. The zero-order valence-corrected chi connectivity index (χ0v) is 14.2. The number of fused-ring (bicyclic) bond motifs is 1. The molecule has 0 unspecified atom stereocenters. The average Bonchev–Trinajstić information content (AvgIpc) is 2.85. The van der Waals surface area contributed by atoms with E-state index in [9.17, 15) is 24.4 Å². The zero-order valence-electron chi connectivity index (χ0n) is 14.2. The summed E-state index contributed by atoms with van der Waals surface area (Å²) in [7, 11) is -1.93. The van der Waals surface area contributed by atoms with E-state index in [1.807, 2.05) is 0 Å². The number of ether oxygens (including phenoxy) is 1. The molecule has 0 fully saturated rings. The van der Waals surface area contributed by atoms with Gasteiger partial charge in [-0.15, -0.1) is 0 Å². The smallest absolute Gasteiger partial charge is 0.459 e. The van der Waals surface area contributed by atoms with Gasteiger partial charge in [-0.2, -0.15) is 0 Å². The summed E-state index contributed by atoms with van der Waals surface area (Å²) in [5, 5.41) is 19.2. The van der Waals surface area contributed by atoms with E-state index in [0.29, 0.717) is 0 Å². The molecule has 7 nitrogen and oxygen atoms in total. The molecule has 1 aliphatic heterocycles. The van der Waals surface area contributed by atoms with Crippen molar-refractivity contribution in [1.29, 1.82) is 0 Å². The summed E-state index contributed by atoms with van der Waals surface area (Å²) in [6, 6.07) is 10.2. The fourth-order valence-electron chi connectivity index (χ4n) is 2.77. The van der Waals surface area contributed by atoms with Gasteiger partial charge >= 0.3 is 13.1 Å². The second kappa shape index (κ2) is 6.74. The van der Waals surface area contributed by atoms with E-state index in [-0.39, 0.29) is 33.9 Å². The van der Waals surface area contributed by atoms with Crippen molar-refractivity contribution in [3.63, 3.8) is 0 Å². The van der Waals surface area contributed by atoms with Gasteiger partial charge < -0.3 is 14.8 Å². The Labute approximate surface area is 150 Å². The number of nitrogens with zero attached hydrogens (tertiary/aromatic N) is 1. The summed E-state index contributed by atoms with van der Waals surface area (Å²) in [4.78, 5) is 38.3. The predicted octanol–water partition coefficient (Wildman–Crippen LogP) is 0.732. The van der Waals surface area contributed by atoms with Gasteiger partial charge in [-0.1, -0.05) is 18.2 Å². The third kappa shape index (κ3) is 3.00. The van der Waals surface area contributed by atoms with E-state index in [4.69, 9.17) is 4.74 Å². The lowest BCUT2D eigenvalue weighted by molar-refractivity contribution is 0.0377. The molecule has 132 valence electrons. The lowest BCUT2D eigenvalue weighted by Crippen LogP contribution is -2.40. The Kier molecular flexibility index (Phi) is 4.63. The van der Waals surface area contributed by atoms with Gasteiger partial charge in [-0.3, -0.25) is 9.59 Å². The lowest BCUT2D eigenvalue weighted by atomic mass is 9.78. The van der Waals surface area contributed by atoms with Crippen LogP contribution in [-0.4, -0.2) is 41.1 Å². The van der Waals surface area contributed by atoms with E-state index in [0.717, 1.165) is 4.90 Å². The molecular weight excluding hydrogens is 337 g/mol. The van der Waals surface area contributed by atoms with Gasteiger partial charge in [0, 0.05) is 5.46 Å². The number of carbonyl (C=O) groups is 3. The summed E-state index contributed by atoms with van der Waals surface area (Å²) in [5.74, 6) is -1.83. The highest BCUT2D eigenvalue weighted by Gasteiger charge is 2.38. The summed E-state index contributed by atoms with van der Waals surface area (Å²) >= 11 is 0. The fraction of sp³-hybridized carbons (Fsp3) is 0.167. The molecule has 2 N–H and O–H groups in total. The number of rotatable bonds is 4.